The molecule has 0 saturated carbocycles. The van der Waals surface area contributed by atoms with Crippen LogP contribution < -0.4 is 5.56 Å². The molecule has 5 nitrogen and oxygen atoms in total. The van der Waals surface area contributed by atoms with Crippen LogP contribution in [0.5, 0.6) is 0 Å². The molecule has 1 aliphatic rings. The molecule has 1 amide bonds. The smallest absolute Gasteiger partial charge is 0.262 e. The highest BCUT2D eigenvalue weighted by molar-refractivity contribution is 7.73. The van der Waals surface area contributed by atoms with Crippen molar-refractivity contribution < 1.29 is 4.79 Å². The minimum Gasteiger partial charge on any atom is -0.341 e. The van der Waals surface area contributed by atoms with E-state index in [1.807, 2.05) is 51.8 Å². The fourth-order valence-corrected chi connectivity index (χ4v) is 5.96. The summed E-state index contributed by atoms with van der Waals surface area (Å²) in [5, 5.41) is 1.19. The predicted molar refractivity (Wildman–Crippen MR) is 133 cm³/mol. The summed E-state index contributed by atoms with van der Waals surface area (Å²) in [6.45, 7) is 1.49. The highest BCUT2D eigenvalue weighted by Gasteiger charge is 2.22. The van der Waals surface area contributed by atoms with Gasteiger partial charge in [0.2, 0.25) is 5.91 Å². The van der Waals surface area contributed by atoms with Gasteiger partial charge in [0.15, 0.2) is 3.95 Å². The molecule has 4 aromatic rings. The summed E-state index contributed by atoms with van der Waals surface area (Å²) in [6.07, 6.45) is 4.30. The van der Waals surface area contributed by atoms with E-state index in [9.17, 15) is 9.59 Å². The van der Waals surface area contributed by atoms with Gasteiger partial charge in [-0.25, -0.2) is 0 Å². The van der Waals surface area contributed by atoms with Crippen LogP contribution in [-0.2, 0) is 11.3 Å². The van der Waals surface area contributed by atoms with E-state index in [0.29, 0.717) is 20.0 Å². The second-order valence-electron chi connectivity index (χ2n) is 8.07. The zero-order chi connectivity index (χ0) is 22.2. The number of thiazole rings is 1. The van der Waals surface area contributed by atoms with Crippen LogP contribution in [0.25, 0.3) is 27.0 Å². The minimum atomic E-state index is -0.174. The summed E-state index contributed by atoms with van der Waals surface area (Å²) in [7, 11) is 0. The van der Waals surface area contributed by atoms with Crippen LogP contribution in [0.4, 0.5) is 0 Å². The molecule has 0 N–H and O–H groups in total. The third-order valence-electron chi connectivity index (χ3n) is 6.02. The first-order valence-corrected chi connectivity index (χ1v) is 12.4. The first-order valence-electron chi connectivity index (χ1n) is 10.8. The third kappa shape index (κ3) is 3.78. The van der Waals surface area contributed by atoms with Gasteiger partial charge in [0, 0.05) is 18.1 Å². The van der Waals surface area contributed by atoms with Crippen molar-refractivity contribution in [3.63, 3.8) is 0 Å². The van der Waals surface area contributed by atoms with E-state index < -0.39 is 0 Å². The van der Waals surface area contributed by atoms with Crippen LogP contribution >= 0.6 is 35.2 Å². The van der Waals surface area contributed by atoms with Gasteiger partial charge in [0.25, 0.3) is 5.56 Å². The van der Waals surface area contributed by atoms with Crippen molar-refractivity contribution in [2.75, 3.05) is 13.1 Å². The molecule has 0 bridgehead atoms. The molecule has 3 heterocycles. The van der Waals surface area contributed by atoms with Crippen LogP contribution in [0.2, 0.25) is 5.02 Å². The number of nitrogens with zero attached hydrogens (tertiary/aromatic N) is 3. The number of fused-ring (bicyclic) bond motifs is 3. The average molecular weight is 484 g/mol. The second kappa shape index (κ2) is 8.81. The van der Waals surface area contributed by atoms with Crippen LogP contribution in [-0.4, -0.2) is 32.9 Å². The Hall–Kier alpha value is -2.48. The van der Waals surface area contributed by atoms with Crippen molar-refractivity contribution >= 4 is 57.6 Å². The molecule has 8 heteroatoms. The van der Waals surface area contributed by atoms with Gasteiger partial charge in [0.1, 0.15) is 12.2 Å². The third-order valence-corrected chi connectivity index (χ3v) is 7.69. The molecule has 1 aliphatic heterocycles. The van der Waals surface area contributed by atoms with E-state index in [0.717, 1.165) is 54.7 Å². The normalized spacial score (nSPS) is 14.7. The van der Waals surface area contributed by atoms with Crippen molar-refractivity contribution in [2.24, 2.45) is 0 Å². The number of carbonyl (C=O) groups is 1. The van der Waals surface area contributed by atoms with E-state index in [2.05, 4.69) is 0 Å². The lowest BCUT2D eigenvalue weighted by Gasteiger charge is -2.21. The summed E-state index contributed by atoms with van der Waals surface area (Å²) in [5.41, 5.74) is 2.16. The van der Waals surface area contributed by atoms with Gasteiger partial charge in [-0.3, -0.25) is 18.6 Å². The van der Waals surface area contributed by atoms with Crippen LogP contribution in [0.3, 0.4) is 0 Å². The standard InChI is InChI=1S/C24H22ClN3O2S2/c25-17-11-9-16(10-12-17)21-22-27(15-20(29)26-13-5-1-2-6-14-26)23(30)18-7-3-4-8-19(18)28(22)24(31)32-21/h3-4,7-12H,1-2,5-6,13-15H2. The molecule has 1 fully saturated rings. The molecule has 0 aliphatic carbocycles. The van der Waals surface area contributed by atoms with Crippen molar-refractivity contribution in [1.82, 2.24) is 13.9 Å². The Morgan fingerprint density at radius 1 is 1.00 bits per heavy atom. The van der Waals surface area contributed by atoms with Crippen LogP contribution in [0.1, 0.15) is 25.7 Å². The fourth-order valence-electron chi connectivity index (χ4n) is 4.40. The van der Waals surface area contributed by atoms with Gasteiger partial charge in [-0.2, -0.15) is 0 Å². The summed E-state index contributed by atoms with van der Waals surface area (Å²) in [6, 6.07) is 14.9. The Morgan fingerprint density at radius 3 is 2.41 bits per heavy atom. The van der Waals surface area contributed by atoms with Gasteiger partial charge < -0.3 is 4.90 Å². The first-order chi connectivity index (χ1) is 15.5. The maximum absolute atomic E-state index is 13.6. The number of aromatic nitrogens is 2. The summed E-state index contributed by atoms with van der Waals surface area (Å²) < 4.78 is 4.17. The van der Waals surface area contributed by atoms with E-state index in [1.165, 1.54) is 11.3 Å². The molecule has 0 radical (unpaired) electrons. The number of hydrogen-bond donors (Lipinski definition) is 0. The number of hydrogen-bond acceptors (Lipinski definition) is 4. The summed E-state index contributed by atoms with van der Waals surface area (Å²) in [4.78, 5) is 29.6. The largest absolute Gasteiger partial charge is 0.341 e. The molecule has 32 heavy (non-hydrogen) atoms. The van der Waals surface area contributed by atoms with E-state index >= 15 is 0 Å². The minimum absolute atomic E-state index is 0.000730. The highest BCUT2D eigenvalue weighted by atomic mass is 35.5. The van der Waals surface area contributed by atoms with Gasteiger partial charge >= 0.3 is 0 Å². The number of likely N-dealkylation sites (tertiary alicyclic amines) is 1. The Labute approximate surface area is 199 Å². The molecule has 0 unspecified atom stereocenters. The molecule has 0 atom stereocenters. The number of amides is 1. The molecule has 5 rings (SSSR count). The van der Waals surface area contributed by atoms with E-state index in [-0.39, 0.29) is 18.0 Å². The molecule has 164 valence electrons. The monoisotopic (exact) mass is 483 g/mol. The van der Waals surface area contributed by atoms with Gasteiger partial charge in [-0.15, -0.1) is 11.3 Å². The van der Waals surface area contributed by atoms with Crippen LogP contribution in [0, 0.1) is 3.95 Å². The number of benzene rings is 2. The topological polar surface area (TPSA) is 46.7 Å². The Balaban J connectivity index is 1.75. The van der Waals surface area contributed by atoms with E-state index in [1.54, 1.807) is 10.6 Å². The molecular weight excluding hydrogens is 462 g/mol. The summed E-state index contributed by atoms with van der Waals surface area (Å²) in [5.74, 6) is -0.0228. The van der Waals surface area contributed by atoms with Gasteiger partial charge in [0.05, 0.1) is 15.8 Å². The molecule has 2 aromatic carbocycles. The number of rotatable bonds is 3. The maximum atomic E-state index is 13.6. The van der Waals surface area contributed by atoms with Crippen molar-refractivity contribution in [3.05, 3.63) is 67.9 Å². The maximum Gasteiger partial charge on any atom is 0.262 e. The molecule has 2 aromatic heterocycles. The first kappa shape index (κ1) is 21.4. The summed E-state index contributed by atoms with van der Waals surface area (Å²) >= 11 is 13.3. The quantitative estimate of drug-likeness (QED) is 0.347. The second-order valence-corrected chi connectivity index (χ2v) is 10.1. The van der Waals surface area contributed by atoms with Crippen molar-refractivity contribution in [3.8, 4) is 10.4 Å². The zero-order valence-corrected chi connectivity index (χ0v) is 19.8. The number of para-hydroxylation sites is 1. The molecule has 1 saturated heterocycles. The predicted octanol–water partition coefficient (Wildman–Crippen LogP) is 5.77. The molecule has 0 spiro atoms. The SMILES string of the molecule is O=C(Cn1c(=O)c2ccccc2n2c(=S)sc(-c3ccc(Cl)cc3)c12)N1CCCCCC1. The Bertz CT molecular complexity index is 1430. The zero-order valence-electron chi connectivity index (χ0n) is 17.4. The van der Waals surface area contributed by atoms with Gasteiger partial charge in [-0.05, 0) is 54.9 Å². The number of halogens is 1. The number of carbonyl (C=O) groups excluding carboxylic acids is 1. The highest BCUT2D eigenvalue weighted by Crippen LogP contribution is 2.33. The van der Waals surface area contributed by atoms with Crippen LogP contribution in [0.15, 0.2) is 53.3 Å². The fraction of sp³-hybridized carbons (Fsp3) is 0.292. The molecular formula is C24H22ClN3O2S2. The lowest BCUT2D eigenvalue weighted by Crippen LogP contribution is -2.37. The van der Waals surface area contributed by atoms with Crippen molar-refractivity contribution in [2.45, 2.75) is 32.2 Å². The lowest BCUT2D eigenvalue weighted by molar-refractivity contribution is -0.131. The lowest BCUT2D eigenvalue weighted by atomic mass is 10.2. The Kier molecular flexibility index (Phi) is 5.88. The van der Waals surface area contributed by atoms with Crippen molar-refractivity contribution in [1.29, 1.82) is 0 Å². The van der Waals surface area contributed by atoms with Gasteiger partial charge in [-0.1, -0.05) is 48.7 Å². The Morgan fingerprint density at radius 2 is 1.69 bits per heavy atom. The van der Waals surface area contributed by atoms with E-state index in [4.69, 9.17) is 23.8 Å². The average Bonchev–Trinajstić information content (AvgIpc) is 2.97.